The van der Waals surface area contributed by atoms with Gasteiger partial charge in [0.05, 0.1) is 0 Å². The van der Waals surface area contributed by atoms with Crippen LogP contribution in [-0.2, 0) is 5.41 Å². The lowest BCUT2D eigenvalue weighted by molar-refractivity contribution is 0.569. The lowest BCUT2D eigenvalue weighted by Crippen LogP contribution is -2.12. The van der Waals surface area contributed by atoms with Gasteiger partial charge < -0.3 is 0 Å². The molecule has 2 aromatic heterocycles. The Labute approximate surface area is 97.4 Å². The van der Waals surface area contributed by atoms with Crippen LogP contribution in [0.25, 0.3) is 0 Å². The second kappa shape index (κ2) is 6.01. The fraction of sp³-hybridized carbons (Fsp3) is 0.286. The number of hydrogen-bond donors (Lipinski definition) is 0. The molecule has 0 aliphatic heterocycles. The van der Waals surface area contributed by atoms with Crippen molar-refractivity contribution >= 4 is 0 Å². The second-order valence-electron chi connectivity index (χ2n) is 4.49. The molecule has 0 amide bonds. The normalized spacial score (nSPS) is 10.2. The highest BCUT2D eigenvalue weighted by Crippen LogP contribution is 2.18. The van der Waals surface area contributed by atoms with Crippen LogP contribution in [0.1, 0.15) is 26.5 Å². The van der Waals surface area contributed by atoms with Crippen molar-refractivity contribution in [2.75, 3.05) is 0 Å². The summed E-state index contributed by atoms with van der Waals surface area (Å²) in [5.41, 5.74) is 1.33. The van der Waals surface area contributed by atoms with E-state index < -0.39 is 0 Å². The van der Waals surface area contributed by atoms with Gasteiger partial charge in [-0.1, -0.05) is 32.9 Å². The van der Waals surface area contributed by atoms with Crippen molar-refractivity contribution in [1.82, 2.24) is 9.97 Å². The van der Waals surface area contributed by atoms with E-state index in [1.54, 1.807) is 12.4 Å². The SMILES string of the molecule is CC(C)(C)c1ccccn1.c1ccncc1. The molecule has 0 radical (unpaired) electrons. The third kappa shape index (κ3) is 4.69. The van der Waals surface area contributed by atoms with Gasteiger partial charge in [-0.25, -0.2) is 0 Å². The molecule has 0 saturated carbocycles. The first-order chi connectivity index (χ1) is 7.61. The van der Waals surface area contributed by atoms with Crippen LogP contribution in [0.5, 0.6) is 0 Å². The molecule has 2 heterocycles. The molecule has 0 fully saturated rings. The van der Waals surface area contributed by atoms with Crippen molar-refractivity contribution in [2.45, 2.75) is 26.2 Å². The Morgan fingerprint density at radius 1 is 0.812 bits per heavy atom. The maximum atomic E-state index is 4.25. The van der Waals surface area contributed by atoms with Crippen LogP contribution in [0.15, 0.2) is 55.0 Å². The lowest BCUT2D eigenvalue weighted by atomic mass is 9.92. The summed E-state index contributed by atoms with van der Waals surface area (Å²) in [6, 6.07) is 11.7. The summed E-state index contributed by atoms with van der Waals surface area (Å²) in [6.07, 6.45) is 5.33. The smallest absolute Gasteiger partial charge is 0.0457 e. The van der Waals surface area contributed by atoms with Gasteiger partial charge in [-0.15, -0.1) is 0 Å². The maximum Gasteiger partial charge on any atom is 0.0457 e. The van der Waals surface area contributed by atoms with Crippen LogP contribution in [-0.4, -0.2) is 9.97 Å². The molecule has 0 bridgehead atoms. The maximum absolute atomic E-state index is 4.25. The van der Waals surface area contributed by atoms with Crippen molar-refractivity contribution in [3.05, 3.63) is 60.7 Å². The zero-order valence-electron chi connectivity index (χ0n) is 10.1. The number of aromatic nitrogens is 2. The average molecular weight is 214 g/mol. The number of pyridine rings is 2. The molecule has 2 rings (SSSR count). The van der Waals surface area contributed by atoms with Crippen molar-refractivity contribution in [1.29, 1.82) is 0 Å². The van der Waals surface area contributed by atoms with Crippen LogP contribution >= 0.6 is 0 Å². The zero-order chi connectivity index (χ0) is 11.9. The third-order valence-electron chi connectivity index (χ3n) is 2.00. The first kappa shape index (κ1) is 12.4. The quantitative estimate of drug-likeness (QED) is 0.671. The molecule has 0 aromatic carbocycles. The second-order valence-corrected chi connectivity index (χ2v) is 4.49. The molecular formula is C14H18N2. The standard InChI is InChI=1S/C9H13N.C5H5N/c1-9(2,3)8-6-4-5-7-10-8;1-2-4-6-5-3-1/h4-7H,1-3H3;1-5H. The van der Waals surface area contributed by atoms with E-state index in [9.17, 15) is 0 Å². The Morgan fingerprint density at radius 3 is 1.69 bits per heavy atom. The Balaban J connectivity index is 0.000000181. The van der Waals surface area contributed by atoms with E-state index in [2.05, 4.69) is 36.8 Å². The van der Waals surface area contributed by atoms with Crippen LogP contribution in [0.2, 0.25) is 0 Å². The highest BCUT2D eigenvalue weighted by Gasteiger charge is 2.13. The molecule has 0 aliphatic carbocycles. The first-order valence-corrected chi connectivity index (χ1v) is 5.37. The fourth-order valence-electron chi connectivity index (χ4n) is 1.12. The van der Waals surface area contributed by atoms with Crippen molar-refractivity contribution in [3.8, 4) is 0 Å². The number of rotatable bonds is 0. The van der Waals surface area contributed by atoms with E-state index in [1.165, 1.54) is 0 Å². The highest BCUT2D eigenvalue weighted by atomic mass is 14.7. The molecule has 0 aliphatic rings. The summed E-state index contributed by atoms with van der Waals surface area (Å²) in [5, 5.41) is 0. The van der Waals surface area contributed by atoms with Crippen molar-refractivity contribution < 1.29 is 0 Å². The van der Waals surface area contributed by atoms with E-state index in [0.29, 0.717) is 0 Å². The van der Waals surface area contributed by atoms with Crippen molar-refractivity contribution in [3.63, 3.8) is 0 Å². The topological polar surface area (TPSA) is 25.8 Å². The molecule has 0 spiro atoms. The Morgan fingerprint density at radius 2 is 1.44 bits per heavy atom. The predicted molar refractivity (Wildman–Crippen MR) is 67.2 cm³/mol. The third-order valence-corrected chi connectivity index (χ3v) is 2.00. The van der Waals surface area contributed by atoms with Crippen molar-refractivity contribution in [2.24, 2.45) is 0 Å². The predicted octanol–water partition coefficient (Wildman–Crippen LogP) is 3.46. The summed E-state index contributed by atoms with van der Waals surface area (Å²) in [7, 11) is 0. The largest absolute Gasteiger partial charge is 0.265 e. The van der Waals surface area contributed by atoms with Gasteiger partial charge in [-0.3, -0.25) is 9.97 Å². The molecule has 2 aromatic rings. The van der Waals surface area contributed by atoms with E-state index in [-0.39, 0.29) is 5.41 Å². The molecule has 2 nitrogen and oxygen atoms in total. The molecular weight excluding hydrogens is 196 g/mol. The van der Waals surface area contributed by atoms with Crippen LogP contribution < -0.4 is 0 Å². The summed E-state index contributed by atoms with van der Waals surface area (Å²) < 4.78 is 0. The number of nitrogens with zero attached hydrogens (tertiary/aromatic N) is 2. The molecule has 0 atom stereocenters. The van der Waals surface area contributed by atoms with Gasteiger partial charge >= 0.3 is 0 Å². The number of hydrogen-bond acceptors (Lipinski definition) is 2. The van der Waals surface area contributed by atoms with Gasteiger partial charge in [0.15, 0.2) is 0 Å². The van der Waals surface area contributed by atoms with Gasteiger partial charge in [0.2, 0.25) is 0 Å². The molecule has 0 unspecified atom stereocenters. The Kier molecular flexibility index (Phi) is 4.65. The monoisotopic (exact) mass is 214 g/mol. The lowest BCUT2D eigenvalue weighted by Gasteiger charge is -2.16. The van der Waals surface area contributed by atoms with E-state index in [1.807, 2.05) is 36.5 Å². The first-order valence-electron chi connectivity index (χ1n) is 5.37. The molecule has 2 heteroatoms. The van der Waals surface area contributed by atoms with Gasteiger partial charge in [-0.2, -0.15) is 0 Å². The molecule has 0 saturated heterocycles. The minimum absolute atomic E-state index is 0.182. The minimum atomic E-state index is 0.182. The van der Waals surface area contributed by atoms with E-state index in [0.717, 1.165) is 5.69 Å². The average Bonchev–Trinajstić information content (AvgIpc) is 2.32. The van der Waals surface area contributed by atoms with E-state index in [4.69, 9.17) is 0 Å². The van der Waals surface area contributed by atoms with Crippen LogP contribution in [0.4, 0.5) is 0 Å². The summed E-state index contributed by atoms with van der Waals surface area (Å²) in [4.78, 5) is 8.03. The van der Waals surface area contributed by atoms with Gasteiger partial charge in [0.25, 0.3) is 0 Å². The minimum Gasteiger partial charge on any atom is -0.265 e. The molecule has 84 valence electrons. The highest BCUT2D eigenvalue weighted by molar-refractivity contribution is 5.12. The van der Waals surface area contributed by atoms with Crippen LogP contribution in [0.3, 0.4) is 0 Å². The molecule has 0 N–H and O–H groups in total. The Bertz CT molecular complexity index is 350. The Hall–Kier alpha value is -1.70. The summed E-state index contributed by atoms with van der Waals surface area (Å²) in [6.45, 7) is 6.49. The van der Waals surface area contributed by atoms with E-state index >= 15 is 0 Å². The zero-order valence-corrected chi connectivity index (χ0v) is 10.1. The van der Waals surface area contributed by atoms with Gasteiger partial charge in [0.1, 0.15) is 0 Å². The molecule has 16 heavy (non-hydrogen) atoms. The summed E-state index contributed by atoms with van der Waals surface area (Å²) in [5.74, 6) is 0. The van der Waals surface area contributed by atoms with Crippen LogP contribution in [0, 0.1) is 0 Å². The van der Waals surface area contributed by atoms with Gasteiger partial charge in [0, 0.05) is 29.7 Å². The summed E-state index contributed by atoms with van der Waals surface area (Å²) >= 11 is 0. The van der Waals surface area contributed by atoms with Gasteiger partial charge in [-0.05, 0) is 24.3 Å². The fourth-order valence-corrected chi connectivity index (χ4v) is 1.12.